The average Bonchev–Trinajstić information content (AvgIpc) is 2.74. The minimum atomic E-state index is -0.588. The summed E-state index contributed by atoms with van der Waals surface area (Å²) < 4.78 is 0. The fraction of sp³-hybridized carbons (Fsp3) is 0.917. The highest BCUT2D eigenvalue weighted by molar-refractivity contribution is 5.70. The van der Waals surface area contributed by atoms with Crippen LogP contribution in [-0.4, -0.2) is 35.1 Å². The van der Waals surface area contributed by atoms with Crippen molar-refractivity contribution in [2.75, 3.05) is 13.1 Å². The van der Waals surface area contributed by atoms with Crippen molar-refractivity contribution < 1.29 is 9.90 Å². The zero-order valence-electron chi connectivity index (χ0n) is 9.70. The van der Waals surface area contributed by atoms with Crippen LogP contribution in [-0.2, 0) is 4.79 Å². The van der Waals surface area contributed by atoms with Gasteiger partial charge in [-0.1, -0.05) is 0 Å². The van der Waals surface area contributed by atoms with Crippen molar-refractivity contribution in [2.24, 2.45) is 11.3 Å². The highest BCUT2D eigenvalue weighted by atomic mass is 16.4. The molecule has 2 aliphatic rings. The van der Waals surface area contributed by atoms with E-state index in [4.69, 9.17) is 5.11 Å². The van der Waals surface area contributed by atoms with E-state index in [1.807, 2.05) is 0 Å². The highest BCUT2D eigenvalue weighted by Gasteiger charge is 2.46. The average molecular weight is 211 g/mol. The molecule has 0 aromatic rings. The zero-order valence-corrected chi connectivity index (χ0v) is 9.70. The van der Waals surface area contributed by atoms with Gasteiger partial charge in [0.25, 0.3) is 0 Å². The van der Waals surface area contributed by atoms with E-state index in [0.717, 1.165) is 32.4 Å². The van der Waals surface area contributed by atoms with Gasteiger partial charge in [0.2, 0.25) is 0 Å². The van der Waals surface area contributed by atoms with E-state index in [0.29, 0.717) is 11.5 Å². The normalized spacial score (nSPS) is 36.9. The van der Waals surface area contributed by atoms with Gasteiger partial charge >= 0.3 is 5.97 Å². The third-order valence-electron chi connectivity index (χ3n) is 4.25. The van der Waals surface area contributed by atoms with Crippen LogP contribution in [0.2, 0.25) is 0 Å². The molecular formula is C12H21NO2. The third kappa shape index (κ3) is 2.03. The second-order valence-corrected chi connectivity index (χ2v) is 5.59. The summed E-state index contributed by atoms with van der Waals surface area (Å²) >= 11 is 0. The molecule has 1 saturated carbocycles. The van der Waals surface area contributed by atoms with Gasteiger partial charge in [0.15, 0.2) is 0 Å². The number of hydrogen-bond acceptors (Lipinski definition) is 2. The molecule has 1 aliphatic carbocycles. The van der Waals surface area contributed by atoms with E-state index in [-0.39, 0.29) is 5.92 Å². The van der Waals surface area contributed by atoms with Gasteiger partial charge < -0.3 is 10.0 Å². The van der Waals surface area contributed by atoms with Crippen molar-refractivity contribution >= 4 is 5.97 Å². The summed E-state index contributed by atoms with van der Waals surface area (Å²) in [4.78, 5) is 13.4. The monoisotopic (exact) mass is 211 g/mol. The Morgan fingerprint density at radius 1 is 1.47 bits per heavy atom. The Bertz CT molecular complexity index is 264. The highest BCUT2D eigenvalue weighted by Crippen LogP contribution is 2.48. The molecule has 2 rings (SSSR count). The maximum Gasteiger partial charge on any atom is 0.306 e. The van der Waals surface area contributed by atoms with Crippen molar-refractivity contribution in [1.82, 2.24) is 4.90 Å². The van der Waals surface area contributed by atoms with Crippen LogP contribution >= 0.6 is 0 Å². The van der Waals surface area contributed by atoms with E-state index < -0.39 is 5.97 Å². The van der Waals surface area contributed by atoms with E-state index in [1.54, 1.807) is 0 Å². The summed E-state index contributed by atoms with van der Waals surface area (Å²) in [5, 5.41) is 9.02. The molecule has 15 heavy (non-hydrogen) atoms. The molecule has 2 atom stereocenters. The van der Waals surface area contributed by atoms with Crippen molar-refractivity contribution in [3.63, 3.8) is 0 Å². The van der Waals surface area contributed by atoms with E-state index >= 15 is 0 Å². The Balaban J connectivity index is 1.98. The second kappa shape index (κ2) is 3.78. The van der Waals surface area contributed by atoms with Crippen LogP contribution < -0.4 is 0 Å². The molecule has 0 unspecified atom stereocenters. The molecule has 1 heterocycles. The molecule has 1 saturated heterocycles. The lowest BCUT2D eigenvalue weighted by Crippen LogP contribution is -2.31. The summed E-state index contributed by atoms with van der Waals surface area (Å²) in [7, 11) is 0. The number of hydrogen-bond donors (Lipinski definition) is 1. The van der Waals surface area contributed by atoms with Gasteiger partial charge in [0.05, 0.1) is 5.92 Å². The van der Waals surface area contributed by atoms with Crippen molar-refractivity contribution in [1.29, 1.82) is 0 Å². The van der Waals surface area contributed by atoms with Crippen molar-refractivity contribution in [2.45, 2.75) is 45.6 Å². The Morgan fingerprint density at radius 3 is 2.67 bits per heavy atom. The van der Waals surface area contributed by atoms with Crippen LogP contribution in [0.5, 0.6) is 0 Å². The number of likely N-dealkylation sites (tertiary alicyclic amines) is 1. The summed E-state index contributed by atoms with van der Waals surface area (Å²) in [6.07, 6.45) is 4.12. The van der Waals surface area contributed by atoms with Crippen LogP contribution in [0.15, 0.2) is 0 Å². The van der Waals surface area contributed by atoms with Crippen LogP contribution in [0.3, 0.4) is 0 Å². The Kier molecular flexibility index (Phi) is 2.75. The summed E-state index contributed by atoms with van der Waals surface area (Å²) in [6, 6.07) is 0.605. The SMILES string of the molecule is CC(C)N1CC[C@@]2(CC[C@H](C(=O)O)C2)C1. The van der Waals surface area contributed by atoms with Crippen molar-refractivity contribution in [3.05, 3.63) is 0 Å². The molecule has 1 N–H and O–H groups in total. The number of carboxylic acid groups (broad SMARTS) is 1. The van der Waals surface area contributed by atoms with E-state index in [1.165, 1.54) is 6.42 Å². The second-order valence-electron chi connectivity index (χ2n) is 5.59. The number of rotatable bonds is 2. The molecule has 0 amide bonds. The topological polar surface area (TPSA) is 40.5 Å². The van der Waals surface area contributed by atoms with Gasteiger partial charge in [0, 0.05) is 12.6 Å². The Morgan fingerprint density at radius 2 is 2.20 bits per heavy atom. The maximum atomic E-state index is 10.9. The van der Waals surface area contributed by atoms with Gasteiger partial charge in [-0.15, -0.1) is 0 Å². The molecular weight excluding hydrogens is 190 g/mol. The Hall–Kier alpha value is -0.570. The third-order valence-corrected chi connectivity index (χ3v) is 4.25. The molecule has 86 valence electrons. The fourth-order valence-corrected chi connectivity index (χ4v) is 3.20. The first-order chi connectivity index (χ1) is 7.02. The Labute approximate surface area is 91.5 Å². The first-order valence-electron chi connectivity index (χ1n) is 5.99. The van der Waals surface area contributed by atoms with Crippen LogP contribution in [0.1, 0.15) is 39.5 Å². The number of carboxylic acids is 1. The van der Waals surface area contributed by atoms with E-state index in [2.05, 4.69) is 18.7 Å². The summed E-state index contributed by atoms with van der Waals surface area (Å²) in [5.74, 6) is -0.660. The summed E-state index contributed by atoms with van der Waals surface area (Å²) in [6.45, 7) is 6.73. The van der Waals surface area contributed by atoms with Gasteiger partial charge in [-0.25, -0.2) is 0 Å². The molecule has 1 aliphatic heterocycles. The van der Waals surface area contributed by atoms with E-state index in [9.17, 15) is 4.79 Å². The zero-order chi connectivity index (χ0) is 11.1. The molecule has 2 fully saturated rings. The van der Waals surface area contributed by atoms with Gasteiger partial charge in [-0.2, -0.15) is 0 Å². The minimum Gasteiger partial charge on any atom is -0.481 e. The van der Waals surface area contributed by atoms with Crippen LogP contribution in [0, 0.1) is 11.3 Å². The molecule has 0 aromatic carbocycles. The number of aliphatic carboxylic acids is 1. The standard InChI is InChI=1S/C12H21NO2/c1-9(2)13-6-5-12(8-13)4-3-10(7-12)11(14)15/h9-10H,3-8H2,1-2H3,(H,14,15)/t10-,12+/m0/s1. The van der Waals surface area contributed by atoms with Crippen LogP contribution in [0.25, 0.3) is 0 Å². The molecule has 0 aromatic heterocycles. The predicted octanol–water partition coefficient (Wildman–Crippen LogP) is 1.97. The fourth-order valence-electron chi connectivity index (χ4n) is 3.20. The first kappa shape index (κ1) is 10.9. The van der Waals surface area contributed by atoms with Crippen molar-refractivity contribution in [3.8, 4) is 0 Å². The van der Waals surface area contributed by atoms with Gasteiger partial charge in [-0.3, -0.25) is 4.79 Å². The molecule has 1 spiro atoms. The molecule has 0 bridgehead atoms. The largest absolute Gasteiger partial charge is 0.481 e. The smallest absolute Gasteiger partial charge is 0.306 e. The lowest BCUT2D eigenvalue weighted by Gasteiger charge is -2.26. The molecule has 3 heteroatoms. The quantitative estimate of drug-likeness (QED) is 0.759. The van der Waals surface area contributed by atoms with Crippen LogP contribution in [0.4, 0.5) is 0 Å². The van der Waals surface area contributed by atoms with Gasteiger partial charge in [-0.05, 0) is 51.5 Å². The minimum absolute atomic E-state index is 0.0721. The lowest BCUT2D eigenvalue weighted by molar-refractivity contribution is -0.141. The first-order valence-corrected chi connectivity index (χ1v) is 5.99. The lowest BCUT2D eigenvalue weighted by atomic mass is 9.84. The number of nitrogens with zero attached hydrogens (tertiary/aromatic N) is 1. The number of carbonyl (C=O) groups is 1. The molecule has 0 radical (unpaired) electrons. The summed E-state index contributed by atoms with van der Waals surface area (Å²) in [5.41, 5.74) is 0.341. The van der Waals surface area contributed by atoms with Gasteiger partial charge in [0.1, 0.15) is 0 Å². The maximum absolute atomic E-state index is 10.9. The molecule has 3 nitrogen and oxygen atoms in total. The predicted molar refractivity (Wildman–Crippen MR) is 58.7 cm³/mol.